The zero-order valence-electron chi connectivity index (χ0n) is 23.1. The number of carbonyl (C=O) groups is 4. The zero-order valence-corrected chi connectivity index (χ0v) is 23.1. The molecule has 0 bridgehead atoms. The third kappa shape index (κ3) is 10.4. The fraction of sp³-hybridized carbons (Fsp3) is 0.484. The van der Waals surface area contributed by atoms with E-state index < -0.39 is 24.1 Å². The first-order valence-electron chi connectivity index (χ1n) is 14.0. The monoisotopic (exact) mass is 552 g/mol. The van der Waals surface area contributed by atoms with Crippen LogP contribution in [0.2, 0.25) is 0 Å². The average Bonchev–Trinajstić information content (AvgIpc) is 2.97. The first kappa shape index (κ1) is 30.7. The minimum absolute atomic E-state index is 0.0620. The lowest BCUT2D eigenvalue weighted by Crippen LogP contribution is -2.45. The van der Waals surface area contributed by atoms with E-state index >= 15 is 0 Å². The molecule has 4 rings (SSSR count). The summed E-state index contributed by atoms with van der Waals surface area (Å²) < 4.78 is 10.3. The normalized spacial score (nSPS) is 22.0. The molecule has 0 radical (unpaired) electrons. The van der Waals surface area contributed by atoms with Gasteiger partial charge in [-0.2, -0.15) is 0 Å². The van der Waals surface area contributed by atoms with Gasteiger partial charge in [-0.15, -0.1) is 0 Å². The SMILES string of the molecule is CC(=O)[C@@H]1CCCC[C@@H]1NC(=O)OCc1ccccc1.O=C(N[C@H]1CCCC[C@H]1C(=O)O)OCc1ccccc1. The molecule has 0 aromatic heterocycles. The summed E-state index contributed by atoms with van der Waals surface area (Å²) in [5.74, 6) is -1.27. The highest BCUT2D eigenvalue weighted by Gasteiger charge is 2.32. The Morgan fingerprint density at radius 1 is 0.675 bits per heavy atom. The molecule has 0 heterocycles. The molecule has 2 fully saturated rings. The lowest BCUT2D eigenvalue weighted by molar-refractivity contribution is -0.143. The van der Waals surface area contributed by atoms with Crippen molar-refractivity contribution >= 4 is 23.9 Å². The van der Waals surface area contributed by atoms with Crippen molar-refractivity contribution in [3.63, 3.8) is 0 Å². The fourth-order valence-corrected chi connectivity index (χ4v) is 5.22. The largest absolute Gasteiger partial charge is 0.481 e. The second-order valence-electron chi connectivity index (χ2n) is 10.4. The van der Waals surface area contributed by atoms with E-state index in [9.17, 15) is 19.2 Å². The van der Waals surface area contributed by atoms with Crippen LogP contribution in [0, 0.1) is 11.8 Å². The smallest absolute Gasteiger partial charge is 0.407 e. The van der Waals surface area contributed by atoms with E-state index in [-0.39, 0.29) is 37.0 Å². The molecule has 3 N–H and O–H groups in total. The van der Waals surface area contributed by atoms with Gasteiger partial charge < -0.3 is 25.2 Å². The number of nitrogens with one attached hydrogen (secondary N) is 2. The molecular weight excluding hydrogens is 512 g/mol. The van der Waals surface area contributed by atoms with E-state index in [0.717, 1.165) is 49.7 Å². The van der Waals surface area contributed by atoms with Crippen molar-refractivity contribution in [3.05, 3.63) is 71.8 Å². The number of aliphatic carboxylic acids is 1. The molecule has 2 saturated carbocycles. The van der Waals surface area contributed by atoms with E-state index in [4.69, 9.17) is 14.6 Å². The molecule has 2 aromatic rings. The molecule has 0 aliphatic heterocycles. The maximum Gasteiger partial charge on any atom is 0.407 e. The van der Waals surface area contributed by atoms with E-state index in [1.54, 1.807) is 6.92 Å². The van der Waals surface area contributed by atoms with Crippen LogP contribution >= 0.6 is 0 Å². The summed E-state index contributed by atoms with van der Waals surface area (Å²) in [5, 5.41) is 14.7. The van der Waals surface area contributed by atoms with Crippen LogP contribution in [0.1, 0.15) is 69.4 Å². The quantitative estimate of drug-likeness (QED) is 0.388. The first-order valence-corrected chi connectivity index (χ1v) is 14.0. The summed E-state index contributed by atoms with van der Waals surface area (Å²) in [6, 6.07) is 18.5. The minimum Gasteiger partial charge on any atom is -0.481 e. The van der Waals surface area contributed by atoms with E-state index in [0.29, 0.717) is 12.8 Å². The average molecular weight is 553 g/mol. The maximum absolute atomic E-state index is 11.8. The Kier molecular flexibility index (Phi) is 12.5. The van der Waals surface area contributed by atoms with E-state index in [1.807, 2.05) is 60.7 Å². The molecule has 2 aliphatic rings. The molecule has 0 unspecified atom stereocenters. The number of carboxylic acid groups (broad SMARTS) is 1. The number of hydrogen-bond donors (Lipinski definition) is 3. The van der Waals surface area contributed by atoms with E-state index in [1.165, 1.54) is 0 Å². The van der Waals surface area contributed by atoms with Gasteiger partial charge in [-0.1, -0.05) is 86.3 Å². The number of amides is 2. The summed E-state index contributed by atoms with van der Waals surface area (Å²) in [5.41, 5.74) is 1.86. The number of ether oxygens (including phenoxy) is 2. The number of rotatable bonds is 8. The van der Waals surface area contributed by atoms with Crippen LogP contribution < -0.4 is 10.6 Å². The summed E-state index contributed by atoms with van der Waals surface area (Å²) in [7, 11) is 0. The molecule has 9 nitrogen and oxygen atoms in total. The molecule has 216 valence electrons. The second-order valence-corrected chi connectivity index (χ2v) is 10.4. The van der Waals surface area contributed by atoms with Crippen LogP contribution in [0.5, 0.6) is 0 Å². The van der Waals surface area contributed by atoms with Crippen molar-refractivity contribution in [1.29, 1.82) is 0 Å². The summed E-state index contributed by atoms with van der Waals surface area (Å²) in [6.07, 6.45) is 5.97. The number of ketones is 1. The standard InChI is InChI=1S/C16H21NO3.C15H19NO4/c1-12(18)14-9-5-6-10-15(14)17-16(19)20-11-13-7-3-2-4-8-13;17-14(18)12-8-4-5-9-13(12)16-15(19)20-10-11-6-2-1-3-7-11/h2-4,7-8,14-15H,5-6,9-11H2,1H3,(H,17,19);1-3,6-7,12-13H,4-5,8-10H2,(H,16,19)(H,17,18)/t14-,15-;12-,13+/m01/s1. The Bertz CT molecular complexity index is 1010. The van der Waals surface area contributed by atoms with Crippen molar-refractivity contribution in [1.82, 2.24) is 10.6 Å². The van der Waals surface area contributed by atoms with Gasteiger partial charge >= 0.3 is 18.2 Å². The highest BCUT2D eigenvalue weighted by Crippen LogP contribution is 2.26. The topological polar surface area (TPSA) is 131 Å². The van der Waals surface area contributed by atoms with Crippen molar-refractivity contribution in [2.75, 3.05) is 0 Å². The van der Waals surface area contributed by atoms with Gasteiger partial charge in [0.15, 0.2) is 0 Å². The Morgan fingerprint density at radius 2 is 1.07 bits per heavy atom. The lowest BCUT2D eigenvalue weighted by atomic mass is 9.82. The molecule has 0 saturated heterocycles. The van der Waals surface area contributed by atoms with Crippen molar-refractivity contribution in [2.24, 2.45) is 11.8 Å². The Morgan fingerprint density at radius 3 is 1.50 bits per heavy atom. The lowest BCUT2D eigenvalue weighted by Gasteiger charge is -2.30. The summed E-state index contributed by atoms with van der Waals surface area (Å²) in [6.45, 7) is 2.04. The Labute approximate surface area is 235 Å². The number of benzene rings is 2. The zero-order chi connectivity index (χ0) is 28.7. The van der Waals surface area contributed by atoms with Gasteiger partial charge in [0.2, 0.25) is 0 Å². The second kappa shape index (κ2) is 16.3. The van der Waals surface area contributed by atoms with Crippen molar-refractivity contribution < 1.29 is 33.8 Å². The highest BCUT2D eigenvalue weighted by molar-refractivity contribution is 5.80. The number of hydrogen-bond acceptors (Lipinski definition) is 6. The maximum atomic E-state index is 11.8. The van der Waals surface area contributed by atoms with Crippen LogP contribution in [0.25, 0.3) is 0 Å². The third-order valence-electron chi connectivity index (χ3n) is 7.40. The Balaban J connectivity index is 0.000000220. The molecule has 2 aromatic carbocycles. The van der Waals surface area contributed by atoms with Gasteiger partial charge in [0.25, 0.3) is 0 Å². The van der Waals surface area contributed by atoms with Crippen LogP contribution in [0.4, 0.5) is 9.59 Å². The van der Waals surface area contributed by atoms with Gasteiger partial charge in [-0.05, 0) is 43.7 Å². The molecule has 2 aliphatic carbocycles. The highest BCUT2D eigenvalue weighted by atomic mass is 16.6. The summed E-state index contributed by atoms with van der Waals surface area (Å²) in [4.78, 5) is 46.2. The molecule has 4 atom stereocenters. The van der Waals surface area contributed by atoms with E-state index in [2.05, 4.69) is 10.6 Å². The Hall–Kier alpha value is -3.88. The predicted octanol–water partition coefficient (Wildman–Crippen LogP) is 5.62. The van der Waals surface area contributed by atoms with Crippen LogP contribution in [0.15, 0.2) is 60.7 Å². The van der Waals surface area contributed by atoms with Gasteiger partial charge in [0, 0.05) is 18.0 Å². The third-order valence-corrected chi connectivity index (χ3v) is 7.40. The number of carbonyl (C=O) groups excluding carboxylic acids is 3. The van der Waals surface area contributed by atoms with Gasteiger partial charge in [-0.3, -0.25) is 9.59 Å². The molecular formula is C31H40N2O7. The van der Waals surface area contributed by atoms with Gasteiger partial charge in [-0.25, -0.2) is 9.59 Å². The summed E-state index contributed by atoms with van der Waals surface area (Å²) >= 11 is 0. The first-order chi connectivity index (χ1) is 19.3. The molecule has 40 heavy (non-hydrogen) atoms. The van der Waals surface area contributed by atoms with Crippen molar-refractivity contribution in [2.45, 2.75) is 83.6 Å². The number of carboxylic acids is 1. The van der Waals surface area contributed by atoms with Gasteiger partial charge in [0.05, 0.1) is 5.92 Å². The van der Waals surface area contributed by atoms with Gasteiger partial charge in [0.1, 0.15) is 19.0 Å². The number of Topliss-reactive ketones (excluding diaryl/α,β-unsaturated/α-hetero) is 1. The molecule has 2 amide bonds. The predicted molar refractivity (Wildman–Crippen MR) is 149 cm³/mol. The van der Waals surface area contributed by atoms with Crippen LogP contribution in [-0.2, 0) is 32.3 Å². The molecule has 9 heteroatoms. The van der Waals surface area contributed by atoms with Crippen LogP contribution in [-0.4, -0.2) is 41.1 Å². The molecule has 0 spiro atoms. The van der Waals surface area contributed by atoms with Crippen LogP contribution in [0.3, 0.4) is 0 Å². The fourth-order valence-electron chi connectivity index (χ4n) is 5.22. The minimum atomic E-state index is -0.849. The van der Waals surface area contributed by atoms with Crippen molar-refractivity contribution in [3.8, 4) is 0 Å². The number of alkyl carbamates (subject to hydrolysis) is 2.